The highest BCUT2D eigenvalue weighted by molar-refractivity contribution is 7.33. The summed E-state index contributed by atoms with van der Waals surface area (Å²) in [6.45, 7) is 0. The number of anilines is 1. The Morgan fingerprint density at radius 2 is 1.84 bits per heavy atom. The predicted molar refractivity (Wildman–Crippen MR) is 68.9 cm³/mol. The number of rotatable bonds is 6. The van der Waals surface area contributed by atoms with Gasteiger partial charge in [-0.15, -0.1) is 9.79 Å². The zero-order valence-electron chi connectivity index (χ0n) is 9.16. The molecule has 3 N–H and O–H groups in total. The molecule has 8 nitrogen and oxygen atoms in total. The van der Waals surface area contributed by atoms with Crippen LogP contribution in [0.2, 0.25) is 0 Å². The number of thiazole rings is 1. The molecule has 1 aromatic carbocycles. The van der Waals surface area contributed by atoms with E-state index in [2.05, 4.69) is 19.3 Å². The van der Waals surface area contributed by atoms with Gasteiger partial charge in [0, 0.05) is 9.13 Å². The van der Waals surface area contributed by atoms with Crippen LogP contribution in [0.3, 0.4) is 0 Å². The van der Waals surface area contributed by atoms with Crippen molar-refractivity contribution in [3.05, 3.63) is 24.3 Å². The molecule has 1 heterocycles. The fourth-order valence-corrected chi connectivity index (χ4v) is 2.73. The van der Waals surface area contributed by atoms with Crippen molar-refractivity contribution in [3.63, 3.8) is 0 Å². The molecule has 11 heteroatoms. The van der Waals surface area contributed by atoms with Crippen LogP contribution in [0.5, 0.6) is 0 Å². The van der Waals surface area contributed by atoms with Crippen molar-refractivity contribution in [2.75, 3.05) is 5.32 Å². The van der Waals surface area contributed by atoms with Gasteiger partial charge < -0.3 is 5.32 Å². The van der Waals surface area contributed by atoms with E-state index in [0.29, 0.717) is 5.13 Å². The standard InChI is InChI=1S/C8H6N2O6P2S/c11-17(12)15-8(16-18(13)14)10-7-9-5-3-1-2-4-6(5)19-7/h1-4,8H,(H-2,9,10,11,12,13,14)/p+2. The Morgan fingerprint density at radius 3 is 2.42 bits per heavy atom. The van der Waals surface area contributed by atoms with Crippen LogP contribution >= 0.6 is 27.8 Å². The summed E-state index contributed by atoms with van der Waals surface area (Å²) in [5.74, 6) is 0. The van der Waals surface area contributed by atoms with Gasteiger partial charge in [-0.05, 0) is 12.1 Å². The van der Waals surface area contributed by atoms with E-state index in [1.807, 2.05) is 18.2 Å². The first-order valence-corrected chi connectivity index (χ1v) is 7.90. The average molecular weight is 322 g/mol. The quantitative estimate of drug-likeness (QED) is 0.548. The van der Waals surface area contributed by atoms with Crippen molar-refractivity contribution < 1.29 is 28.0 Å². The number of hydrogen-bond acceptors (Lipinski definition) is 7. The second-order valence-corrected chi connectivity index (χ2v) is 5.55. The summed E-state index contributed by atoms with van der Waals surface area (Å²) < 4.78 is 30.8. The third-order valence-electron chi connectivity index (χ3n) is 1.91. The smallest absolute Gasteiger partial charge is 0.306 e. The summed E-state index contributed by atoms with van der Waals surface area (Å²) in [6, 6.07) is 7.27. The molecule has 0 saturated carbocycles. The third kappa shape index (κ3) is 4.22. The first-order chi connectivity index (χ1) is 9.04. The van der Waals surface area contributed by atoms with E-state index in [1.165, 1.54) is 11.3 Å². The van der Waals surface area contributed by atoms with Gasteiger partial charge in [0.1, 0.15) is 0 Å². The van der Waals surface area contributed by atoms with Crippen molar-refractivity contribution in [3.8, 4) is 0 Å². The fraction of sp³-hybridized carbons (Fsp3) is 0.125. The molecule has 0 amide bonds. The normalized spacial score (nSPS) is 14.2. The lowest BCUT2D eigenvalue weighted by Crippen LogP contribution is -2.21. The van der Waals surface area contributed by atoms with Gasteiger partial charge in [0.05, 0.1) is 10.2 Å². The van der Waals surface area contributed by atoms with E-state index in [9.17, 15) is 9.13 Å². The maximum Gasteiger partial charge on any atom is 0.699 e. The van der Waals surface area contributed by atoms with Crippen LogP contribution in [0.1, 0.15) is 0 Å². The number of nitrogens with one attached hydrogen (secondary N) is 1. The lowest BCUT2D eigenvalue weighted by molar-refractivity contribution is 0.0262. The minimum atomic E-state index is -2.99. The molecule has 100 valence electrons. The summed E-state index contributed by atoms with van der Waals surface area (Å²) in [7, 11) is -5.98. The topological polar surface area (TPSA) is 118 Å². The van der Waals surface area contributed by atoms with Crippen molar-refractivity contribution in [2.24, 2.45) is 0 Å². The minimum Gasteiger partial charge on any atom is -0.306 e. The number of benzene rings is 1. The zero-order chi connectivity index (χ0) is 13.8. The number of hydrogen-bond donors (Lipinski definition) is 3. The largest absolute Gasteiger partial charge is 0.699 e. The van der Waals surface area contributed by atoms with Crippen LogP contribution in [0, 0.1) is 0 Å². The molecule has 0 aliphatic carbocycles. The average Bonchev–Trinajstić information content (AvgIpc) is 2.68. The monoisotopic (exact) mass is 322 g/mol. The molecular formula is C8H8N2O6P2S+2. The fourth-order valence-electron chi connectivity index (χ4n) is 1.27. The Bertz CT molecular complexity index is 571. The maximum absolute atomic E-state index is 10.6. The Hall–Kier alpha value is -1.05. The van der Waals surface area contributed by atoms with Gasteiger partial charge in [-0.2, -0.15) is 0 Å². The Morgan fingerprint density at radius 1 is 1.21 bits per heavy atom. The van der Waals surface area contributed by atoms with Crippen LogP contribution in [-0.2, 0) is 18.2 Å². The number of aromatic nitrogens is 1. The molecule has 0 aliphatic rings. The first kappa shape index (κ1) is 14.4. The molecule has 2 atom stereocenters. The van der Waals surface area contributed by atoms with Gasteiger partial charge >= 0.3 is 22.9 Å². The summed E-state index contributed by atoms with van der Waals surface area (Å²) in [4.78, 5) is 21.4. The highest BCUT2D eigenvalue weighted by Crippen LogP contribution is 2.30. The van der Waals surface area contributed by atoms with Crippen LogP contribution < -0.4 is 5.32 Å². The van der Waals surface area contributed by atoms with Gasteiger partial charge in [-0.25, -0.2) is 4.98 Å². The summed E-state index contributed by atoms with van der Waals surface area (Å²) in [5.41, 5.74) is 0.718. The number of fused-ring (bicyclic) bond motifs is 1. The van der Waals surface area contributed by atoms with Crippen LogP contribution in [0.15, 0.2) is 24.3 Å². The Kier molecular flexibility index (Phi) is 4.84. The molecule has 0 bridgehead atoms. The summed E-state index contributed by atoms with van der Waals surface area (Å²) in [5, 5.41) is 2.84. The van der Waals surface area contributed by atoms with Crippen LogP contribution in [0.4, 0.5) is 5.13 Å². The second kappa shape index (κ2) is 6.40. The van der Waals surface area contributed by atoms with Crippen molar-refractivity contribution in [1.29, 1.82) is 0 Å². The lowest BCUT2D eigenvalue weighted by atomic mass is 10.3. The molecule has 0 aliphatic heterocycles. The Balaban J connectivity index is 2.15. The van der Waals surface area contributed by atoms with E-state index < -0.39 is 22.9 Å². The molecule has 1 aromatic heterocycles. The van der Waals surface area contributed by atoms with Crippen molar-refractivity contribution in [2.45, 2.75) is 6.41 Å². The van der Waals surface area contributed by atoms with Gasteiger partial charge in [0.2, 0.25) is 0 Å². The molecule has 2 rings (SSSR count). The first-order valence-electron chi connectivity index (χ1n) is 4.82. The van der Waals surface area contributed by atoms with Crippen LogP contribution in [0.25, 0.3) is 10.2 Å². The van der Waals surface area contributed by atoms with E-state index in [-0.39, 0.29) is 0 Å². The predicted octanol–water partition coefficient (Wildman–Crippen LogP) is 2.32. The molecule has 0 saturated heterocycles. The van der Waals surface area contributed by atoms with Gasteiger partial charge in [-0.3, -0.25) is 0 Å². The molecule has 0 spiro atoms. The van der Waals surface area contributed by atoms with Gasteiger partial charge in [0.25, 0.3) is 0 Å². The highest BCUT2D eigenvalue weighted by Gasteiger charge is 2.33. The third-order valence-corrected chi connectivity index (χ3v) is 3.62. The van der Waals surface area contributed by atoms with Gasteiger partial charge in [0.15, 0.2) is 5.13 Å². The van der Waals surface area contributed by atoms with Crippen molar-refractivity contribution >= 4 is 43.2 Å². The van der Waals surface area contributed by atoms with E-state index in [1.54, 1.807) is 6.07 Å². The molecule has 0 fully saturated rings. The number of para-hydroxylation sites is 1. The minimum absolute atomic E-state index is 0.333. The van der Waals surface area contributed by atoms with E-state index in [0.717, 1.165) is 10.2 Å². The van der Waals surface area contributed by atoms with Gasteiger partial charge in [-0.1, -0.05) is 32.5 Å². The lowest BCUT2D eigenvalue weighted by Gasteiger charge is -2.03. The van der Waals surface area contributed by atoms with E-state index >= 15 is 0 Å². The highest BCUT2D eigenvalue weighted by atomic mass is 32.1. The van der Waals surface area contributed by atoms with E-state index in [4.69, 9.17) is 9.79 Å². The van der Waals surface area contributed by atoms with Crippen molar-refractivity contribution in [1.82, 2.24) is 4.98 Å². The molecule has 19 heavy (non-hydrogen) atoms. The molecule has 2 unspecified atom stereocenters. The SMILES string of the molecule is O=[P+](O)OC(Nc1nc2ccccc2s1)O[P+](=O)O. The zero-order valence-corrected chi connectivity index (χ0v) is 11.8. The molecule has 0 radical (unpaired) electrons. The Labute approximate surface area is 112 Å². The molecule has 2 aromatic rings. The summed E-state index contributed by atoms with van der Waals surface area (Å²) >= 11 is 1.24. The second-order valence-electron chi connectivity index (χ2n) is 3.15. The van der Waals surface area contributed by atoms with Crippen LogP contribution in [-0.4, -0.2) is 21.2 Å². The summed E-state index contributed by atoms with van der Waals surface area (Å²) in [6.07, 6.45) is -1.54. The molecular weight excluding hydrogens is 314 g/mol. The number of nitrogens with zero attached hydrogens (tertiary/aromatic N) is 1. The maximum atomic E-state index is 10.6.